The Morgan fingerprint density at radius 3 is 2.52 bits per heavy atom. The lowest BCUT2D eigenvalue weighted by Gasteiger charge is -2.08. The summed E-state index contributed by atoms with van der Waals surface area (Å²) in [6.07, 6.45) is 3.51. The fraction of sp³-hybridized carbons (Fsp3) is 0.111. The van der Waals surface area contributed by atoms with E-state index >= 15 is 0 Å². The highest BCUT2D eigenvalue weighted by Gasteiger charge is 2.24. The third kappa shape index (κ3) is 2.53. The maximum atomic E-state index is 13.0. The number of allylic oxidation sites excluding steroid dienone is 1. The summed E-state index contributed by atoms with van der Waals surface area (Å²) >= 11 is 0. The van der Waals surface area contributed by atoms with Crippen molar-refractivity contribution < 1.29 is 13.5 Å². The van der Waals surface area contributed by atoms with Crippen LogP contribution in [0, 0.1) is 6.92 Å². The Morgan fingerprint density at radius 2 is 1.87 bits per heavy atom. The highest BCUT2D eigenvalue weighted by molar-refractivity contribution is 7.91. The van der Waals surface area contributed by atoms with E-state index in [4.69, 9.17) is 0 Å². The largest absolute Gasteiger partial charge is 0.508 e. The summed E-state index contributed by atoms with van der Waals surface area (Å²) in [6, 6.07) is 9.96. The van der Waals surface area contributed by atoms with Gasteiger partial charge in [0.15, 0.2) is 0 Å². The molecule has 1 aromatic heterocycles. The second kappa shape index (κ2) is 5.59. The maximum absolute atomic E-state index is 13.0. The average Bonchev–Trinajstić information content (AvgIpc) is 2.95. The standard InChI is InChI=1S/C18H17NO3S/c1-3-4-14-16(20)10-9-15-18(14)17(11-19-15)23(21,22)13-7-5-12(2)6-8-13/h3,5-11,19-20H,1,4H2,2H3. The van der Waals surface area contributed by atoms with Crippen LogP contribution in [0.1, 0.15) is 11.1 Å². The molecule has 2 aromatic carbocycles. The molecule has 0 fully saturated rings. The van der Waals surface area contributed by atoms with Crippen molar-refractivity contribution in [1.29, 1.82) is 0 Å². The van der Waals surface area contributed by atoms with E-state index in [0.29, 0.717) is 22.9 Å². The third-order valence-electron chi connectivity index (χ3n) is 3.86. The number of aryl methyl sites for hydroxylation is 1. The summed E-state index contributed by atoms with van der Waals surface area (Å²) in [5.74, 6) is 0.0670. The number of phenols is 1. The maximum Gasteiger partial charge on any atom is 0.208 e. The molecule has 0 aliphatic heterocycles. The van der Waals surface area contributed by atoms with Crippen LogP contribution in [0.5, 0.6) is 5.75 Å². The summed E-state index contributed by atoms with van der Waals surface area (Å²) in [4.78, 5) is 3.38. The van der Waals surface area contributed by atoms with Crippen molar-refractivity contribution in [3.8, 4) is 5.75 Å². The number of benzene rings is 2. The minimum absolute atomic E-state index is 0.0670. The fourth-order valence-corrected chi connectivity index (χ4v) is 4.13. The minimum Gasteiger partial charge on any atom is -0.508 e. The van der Waals surface area contributed by atoms with Crippen LogP contribution in [0.3, 0.4) is 0 Å². The van der Waals surface area contributed by atoms with E-state index in [0.717, 1.165) is 5.56 Å². The molecule has 0 unspecified atom stereocenters. The van der Waals surface area contributed by atoms with Gasteiger partial charge in [0.1, 0.15) is 5.75 Å². The predicted molar refractivity (Wildman–Crippen MR) is 90.5 cm³/mol. The third-order valence-corrected chi connectivity index (χ3v) is 5.66. The van der Waals surface area contributed by atoms with Gasteiger partial charge in [0, 0.05) is 22.7 Å². The van der Waals surface area contributed by atoms with Gasteiger partial charge in [0.2, 0.25) is 9.84 Å². The van der Waals surface area contributed by atoms with Crippen molar-refractivity contribution in [2.24, 2.45) is 0 Å². The topological polar surface area (TPSA) is 70.2 Å². The average molecular weight is 327 g/mol. The molecule has 3 aromatic rings. The van der Waals surface area contributed by atoms with Crippen molar-refractivity contribution in [2.75, 3.05) is 0 Å². The number of sulfone groups is 1. The Hall–Kier alpha value is -2.53. The Kier molecular flexibility index (Phi) is 3.74. The smallest absolute Gasteiger partial charge is 0.208 e. The molecule has 3 rings (SSSR count). The summed E-state index contributed by atoms with van der Waals surface area (Å²) in [5, 5.41) is 10.6. The minimum atomic E-state index is -3.67. The molecular weight excluding hydrogens is 310 g/mol. The van der Waals surface area contributed by atoms with Crippen LogP contribution >= 0.6 is 0 Å². The van der Waals surface area contributed by atoms with E-state index in [2.05, 4.69) is 11.6 Å². The second-order valence-electron chi connectivity index (χ2n) is 5.45. The van der Waals surface area contributed by atoms with Gasteiger partial charge in [0.25, 0.3) is 0 Å². The molecule has 0 amide bonds. The van der Waals surface area contributed by atoms with E-state index in [-0.39, 0.29) is 15.5 Å². The number of aromatic amines is 1. The monoisotopic (exact) mass is 327 g/mol. The van der Waals surface area contributed by atoms with Gasteiger partial charge in [-0.15, -0.1) is 6.58 Å². The lowest BCUT2D eigenvalue weighted by molar-refractivity contribution is 0.471. The SMILES string of the molecule is C=CCc1c(O)ccc2[nH]cc(S(=O)(=O)c3ccc(C)cc3)c12. The number of fused-ring (bicyclic) bond motifs is 1. The van der Waals surface area contributed by atoms with Crippen molar-refractivity contribution in [3.05, 3.63) is 66.4 Å². The zero-order chi connectivity index (χ0) is 16.6. The zero-order valence-electron chi connectivity index (χ0n) is 12.7. The van der Waals surface area contributed by atoms with Crippen LogP contribution < -0.4 is 0 Å². The first-order valence-corrected chi connectivity index (χ1v) is 8.68. The Bertz CT molecular complexity index is 983. The van der Waals surface area contributed by atoms with E-state index in [1.165, 1.54) is 6.20 Å². The Morgan fingerprint density at radius 1 is 1.17 bits per heavy atom. The number of rotatable bonds is 4. The molecule has 4 nitrogen and oxygen atoms in total. The summed E-state index contributed by atoms with van der Waals surface area (Å²) in [7, 11) is -3.67. The molecule has 0 radical (unpaired) electrons. The molecule has 2 N–H and O–H groups in total. The molecule has 0 saturated carbocycles. The van der Waals surface area contributed by atoms with Crippen LogP contribution in [-0.4, -0.2) is 18.5 Å². The highest BCUT2D eigenvalue weighted by Crippen LogP contribution is 2.35. The van der Waals surface area contributed by atoms with Gasteiger partial charge in [-0.25, -0.2) is 8.42 Å². The van der Waals surface area contributed by atoms with Gasteiger partial charge >= 0.3 is 0 Å². The van der Waals surface area contributed by atoms with Gasteiger partial charge < -0.3 is 10.1 Å². The lowest BCUT2D eigenvalue weighted by Crippen LogP contribution is -2.02. The number of phenolic OH excluding ortho intramolecular Hbond substituents is 1. The van der Waals surface area contributed by atoms with Crippen LogP contribution in [0.2, 0.25) is 0 Å². The van der Waals surface area contributed by atoms with Crippen molar-refractivity contribution in [3.63, 3.8) is 0 Å². The van der Waals surface area contributed by atoms with E-state index in [9.17, 15) is 13.5 Å². The molecule has 0 aliphatic carbocycles. The number of hydrogen-bond acceptors (Lipinski definition) is 3. The van der Waals surface area contributed by atoms with Crippen molar-refractivity contribution >= 4 is 20.7 Å². The van der Waals surface area contributed by atoms with E-state index in [1.54, 1.807) is 42.5 Å². The second-order valence-corrected chi connectivity index (χ2v) is 7.37. The summed E-state index contributed by atoms with van der Waals surface area (Å²) in [6.45, 7) is 5.58. The molecule has 5 heteroatoms. The molecule has 1 heterocycles. The summed E-state index contributed by atoms with van der Waals surface area (Å²) < 4.78 is 25.9. The number of hydrogen-bond donors (Lipinski definition) is 2. The van der Waals surface area contributed by atoms with Crippen LogP contribution in [-0.2, 0) is 16.3 Å². The van der Waals surface area contributed by atoms with Crippen molar-refractivity contribution in [2.45, 2.75) is 23.1 Å². The lowest BCUT2D eigenvalue weighted by atomic mass is 10.1. The molecule has 0 saturated heterocycles. The normalized spacial score (nSPS) is 11.7. The number of nitrogens with one attached hydrogen (secondary N) is 1. The van der Waals surface area contributed by atoms with Crippen LogP contribution in [0.25, 0.3) is 10.9 Å². The molecule has 118 valence electrons. The molecule has 0 spiro atoms. The first kappa shape index (κ1) is 15.4. The summed E-state index contributed by atoms with van der Waals surface area (Å²) in [5.41, 5.74) is 2.22. The van der Waals surface area contributed by atoms with E-state index in [1.807, 2.05) is 6.92 Å². The molecule has 23 heavy (non-hydrogen) atoms. The van der Waals surface area contributed by atoms with Gasteiger partial charge in [-0.3, -0.25) is 0 Å². The zero-order valence-corrected chi connectivity index (χ0v) is 13.5. The Labute approximate surface area is 135 Å². The van der Waals surface area contributed by atoms with Gasteiger partial charge in [0.05, 0.1) is 9.79 Å². The number of H-pyrrole nitrogens is 1. The van der Waals surface area contributed by atoms with Crippen LogP contribution in [0.15, 0.2) is 65.0 Å². The van der Waals surface area contributed by atoms with Gasteiger partial charge in [-0.1, -0.05) is 23.8 Å². The first-order chi connectivity index (χ1) is 10.9. The van der Waals surface area contributed by atoms with E-state index < -0.39 is 9.84 Å². The molecule has 0 aliphatic rings. The number of aromatic hydroxyl groups is 1. The van der Waals surface area contributed by atoms with Crippen LogP contribution in [0.4, 0.5) is 0 Å². The first-order valence-electron chi connectivity index (χ1n) is 7.19. The van der Waals surface area contributed by atoms with Crippen molar-refractivity contribution in [1.82, 2.24) is 4.98 Å². The molecule has 0 bridgehead atoms. The van der Waals surface area contributed by atoms with Gasteiger partial charge in [-0.2, -0.15) is 0 Å². The molecular formula is C18H17NO3S. The number of aromatic nitrogens is 1. The Balaban J connectivity index is 2.29. The molecule has 0 atom stereocenters. The van der Waals surface area contributed by atoms with Gasteiger partial charge in [-0.05, 0) is 37.6 Å². The fourth-order valence-electron chi connectivity index (χ4n) is 2.66. The highest BCUT2D eigenvalue weighted by atomic mass is 32.2. The predicted octanol–water partition coefficient (Wildman–Crippen LogP) is 3.74. The quantitative estimate of drug-likeness (QED) is 0.717.